The van der Waals surface area contributed by atoms with Gasteiger partial charge in [0, 0.05) is 6.54 Å². The summed E-state index contributed by atoms with van der Waals surface area (Å²) in [7, 11) is 1.43. The van der Waals surface area contributed by atoms with E-state index >= 15 is 0 Å². The third-order valence-corrected chi connectivity index (χ3v) is 3.98. The Labute approximate surface area is 124 Å². The summed E-state index contributed by atoms with van der Waals surface area (Å²) in [6, 6.07) is 7.64. The van der Waals surface area contributed by atoms with E-state index in [2.05, 4.69) is 4.90 Å². The molecule has 0 radical (unpaired) electrons. The molecule has 0 saturated carbocycles. The highest BCUT2D eigenvalue weighted by molar-refractivity contribution is 5.72. The van der Waals surface area contributed by atoms with Crippen molar-refractivity contribution >= 4 is 11.9 Å². The molecule has 0 unspecified atom stereocenters. The van der Waals surface area contributed by atoms with Gasteiger partial charge in [-0.1, -0.05) is 24.3 Å². The quantitative estimate of drug-likeness (QED) is 0.836. The molecule has 0 aliphatic carbocycles. The minimum Gasteiger partial charge on any atom is -0.481 e. The Morgan fingerprint density at radius 1 is 1.24 bits per heavy atom. The molecule has 1 aromatic carbocycles. The fourth-order valence-electron chi connectivity index (χ4n) is 2.78. The van der Waals surface area contributed by atoms with Gasteiger partial charge in [0.25, 0.3) is 0 Å². The Morgan fingerprint density at radius 3 is 2.43 bits per heavy atom. The standard InChI is InChI=1S/C16H21NO4/c1-21-16(20)12-6-8-17(9-7-12)11-14-5-3-2-4-13(14)10-15(18)19/h2-5,12H,6-11H2,1H3,(H,18,19). The Bertz CT molecular complexity index is 507. The first-order chi connectivity index (χ1) is 10.1. The van der Waals surface area contributed by atoms with Gasteiger partial charge < -0.3 is 9.84 Å². The summed E-state index contributed by atoms with van der Waals surface area (Å²) in [4.78, 5) is 24.7. The summed E-state index contributed by atoms with van der Waals surface area (Å²) < 4.78 is 4.78. The Kier molecular flexibility index (Phi) is 5.33. The third-order valence-electron chi connectivity index (χ3n) is 3.98. The maximum atomic E-state index is 11.5. The van der Waals surface area contributed by atoms with Crippen molar-refractivity contribution in [2.75, 3.05) is 20.2 Å². The predicted molar refractivity (Wildman–Crippen MR) is 77.8 cm³/mol. The fourth-order valence-corrected chi connectivity index (χ4v) is 2.78. The van der Waals surface area contributed by atoms with Crippen LogP contribution < -0.4 is 0 Å². The molecular formula is C16H21NO4. The van der Waals surface area contributed by atoms with E-state index in [0.717, 1.165) is 43.6 Å². The highest BCUT2D eigenvalue weighted by atomic mass is 16.5. The lowest BCUT2D eigenvalue weighted by Gasteiger charge is -2.31. The van der Waals surface area contributed by atoms with Crippen LogP contribution in [0, 0.1) is 5.92 Å². The number of ether oxygens (including phenoxy) is 1. The van der Waals surface area contributed by atoms with Gasteiger partial charge in [0.1, 0.15) is 0 Å². The molecule has 5 nitrogen and oxygen atoms in total. The van der Waals surface area contributed by atoms with E-state index in [0.29, 0.717) is 0 Å². The number of benzene rings is 1. The van der Waals surface area contributed by atoms with E-state index in [1.54, 1.807) is 0 Å². The fraction of sp³-hybridized carbons (Fsp3) is 0.500. The van der Waals surface area contributed by atoms with Crippen LogP contribution in [0.2, 0.25) is 0 Å². The summed E-state index contributed by atoms with van der Waals surface area (Å²) in [5.41, 5.74) is 1.91. The highest BCUT2D eigenvalue weighted by Crippen LogP contribution is 2.21. The van der Waals surface area contributed by atoms with Gasteiger partial charge in [-0.2, -0.15) is 0 Å². The zero-order valence-electron chi connectivity index (χ0n) is 12.2. The minimum atomic E-state index is -0.813. The lowest BCUT2D eigenvalue weighted by Crippen LogP contribution is -2.36. The normalized spacial score (nSPS) is 16.6. The maximum absolute atomic E-state index is 11.5. The number of aliphatic carboxylic acids is 1. The number of carbonyl (C=O) groups is 2. The maximum Gasteiger partial charge on any atom is 0.308 e. The number of carboxylic acids is 1. The van der Waals surface area contributed by atoms with Crippen molar-refractivity contribution in [3.63, 3.8) is 0 Å². The van der Waals surface area contributed by atoms with Crippen LogP contribution in [0.1, 0.15) is 24.0 Å². The van der Waals surface area contributed by atoms with Crippen LogP contribution >= 0.6 is 0 Å². The average Bonchev–Trinajstić information content (AvgIpc) is 2.49. The summed E-state index contributed by atoms with van der Waals surface area (Å²) in [6.45, 7) is 2.40. The molecule has 1 aliphatic rings. The molecule has 0 atom stereocenters. The van der Waals surface area contributed by atoms with Crippen LogP contribution in [0.15, 0.2) is 24.3 Å². The van der Waals surface area contributed by atoms with Gasteiger partial charge >= 0.3 is 11.9 Å². The number of likely N-dealkylation sites (tertiary alicyclic amines) is 1. The molecule has 0 bridgehead atoms. The zero-order chi connectivity index (χ0) is 15.2. The van der Waals surface area contributed by atoms with E-state index in [1.807, 2.05) is 24.3 Å². The number of esters is 1. The third kappa shape index (κ3) is 4.29. The Hall–Kier alpha value is -1.88. The van der Waals surface area contributed by atoms with Crippen LogP contribution in [0.4, 0.5) is 0 Å². The van der Waals surface area contributed by atoms with Crippen LogP contribution in [0.3, 0.4) is 0 Å². The number of hydrogen-bond acceptors (Lipinski definition) is 4. The highest BCUT2D eigenvalue weighted by Gasteiger charge is 2.25. The van der Waals surface area contributed by atoms with Crippen molar-refractivity contribution in [2.24, 2.45) is 5.92 Å². The number of rotatable bonds is 5. The van der Waals surface area contributed by atoms with Gasteiger partial charge in [-0.15, -0.1) is 0 Å². The second-order valence-electron chi connectivity index (χ2n) is 5.41. The van der Waals surface area contributed by atoms with E-state index in [9.17, 15) is 9.59 Å². The topological polar surface area (TPSA) is 66.8 Å². The molecule has 1 fully saturated rings. The first kappa shape index (κ1) is 15.5. The summed E-state index contributed by atoms with van der Waals surface area (Å²) in [5.74, 6) is -0.937. The minimum absolute atomic E-state index is 0.000475. The number of carbonyl (C=O) groups excluding carboxylic acids is 1. The molecule has 0 amide bonds. The summed E-state index contributed by atoms with van der Waals surface area (Å²) in [5, 5.41) is 8.96. The monoisotopic (exact) mass is 291 g/mol. The van der Waals surface area contributed by atoms with Crippen LogP contribution in [-0.4, -0.2) is 42.1 Å². The molecule has 1 aromatic rings. The molecule has 1 heterocycles. The average molecular weight is 291 g/mol. The second-order valence-corrected chi connectivity index (χ2v) is 5.41. The largest absolute Gasteiger partial charge is 0.481 e. The number of carboxylic acid groups (broad SMARTS) is 1. The van der Waals surface area contributed by atoms with Crippen molar-refractivity contribution in [1.82, 2.24) is 4.90 Å². The van der Waals surface area contributed by atoms with Gasteiger partial charge in [0.2, 0.25) is 0 Å². The molecule has 21 heavy (non-hydrogen) atoms. The van der Waals surface area contributed by atoms with Crippen molar-refractivity contribution in [2.45, 2.75) is 25.8 Å². The Morgan fingerprint density at radius 2 is 1.86 bits per heavy atom. The number of methoxy groups -OCH3 is 1. The first-order valence-electron chi connectivity index (χ1n) is 7.19. The predicted octanol–water partition coefficient (Wildman–Crippen LogP) is 1.70. The van der Waals surface area contributed by atoms with Crippen molar-refractivity contribution in [3.8, 4) is 0 Å². The number of hydrogen-bond donors (Lipinski definition) is 1. The van der Waals surface area contributed by atoms with Gasteiger partial charge in [0.05, 0.1) is 19.4 Å². The van der Waals surface area contributed by atoms with Crippen LogP contribution in [0.25, 0.3) is 0 Å². The molecule has 0 aromatic heterocycles. The molecule has 5 heteroatoms. The molecule has 1 saturated heterocycles. The molecule has 1 aliphatic heterocycles. The molecule has 2 rings (SSSR count). The molecule has 0 spiro atoms. The van der Waals surface area contributed by atoms with Crippen LogP contribution in [-0.2, 0) is 27.3 Å². The van der Waals surface area contributed by atoms with E-state index in [4.69, 9.17) is 9.84 Å². The van der Waals surface area contributed by atoms with Crippen LogP contribution in [0.5, 0.6) is 0 Å². The van der Waals surface area contributed by atoms with E-state index < -0.39 is 5.97 Å². The van der Waals surface area contributed by atoms with Gasteiger partial charge in [-0.3, -0.25) is 14.5 Å². The van der Waals surface area contributed by atoms with Gasteiger partial charge in [0.15, 0.2) is 0 Å². The Balaban J connectivity index is 1.94. The molecular weight excluding hydrogens is 270 g/mol. The molecule has 1 N–H and O–H groups in total. The second kappa shape index (κ2) is 7.22. The number of nitrogens with zero attached hydrogens (tertiary/aromatic N) is 1. The zero-order valence-corrected chi connectivity index (χ0v) is 12.2. The summed E-state index contributed by atoms with van der Waals surface area (Å²) >= 11 is 0. The van der Waals surface area contributed by atoms with E-state index in [-0.39, 0.29) is 18.3 Å². The van der Waals surface area contributed by atoms with Gasteiger partial charge in [-0.05, 0) is 37.1 Å². The molecule has 114 valence electrons. The lowest BCUT2D eigenvalue weighted by atomic mass is 9.96. The number of piperidine rings is 1. The smallest absolute Gasteiger partial charge is 0.308 e. The summed E-state index contributed by atoms with van der Waals surface area (Å²) in [6.07, 6.45) is 1.65. The van der Waals surface area contributed by atoms with Crippen molar-refractivity contribution in [1.29, 1.82) is 0 Å². The van der Waals surface area contributed by atoms with Gasteiger partial charge in [-0.25, -0.2) is 0 Å². The lowest BCUT2D eigenvalue weighted by molar-refractivity contribution is -0.147. The van der Waals surface area contributed by atoms with Crippen molar-refractivity contribution < 1.29 is 19.4 Å². The van der Waals surface area contributed by atoms with Crippen molar-refractivity contribution in [3.05, 3.63) is 35.4 Å². The SMILES string of the molecule is COC(=O)C1CCN(Cc2ccccc2CC(=O)O)CC1. The van der Waals surface area contributed by atoms with E-state index in [1.165, 1.54) is 7.11 Å². The first-order valence-corrected chi connectivity index (χ1v) is 7.19.